The van der Waals surface area contributed by atoms with E-state index < -0.39 is 10.0 Å². The molecular formula is C24H26N2O5S. The van der Waals surface area contributed by atoms with E-state index >= 15 is 0 Å². The van der Waals surface area contributed by atoms with Crippen LogP contribution in [0.2, 0.25) is 0 Å². The minimum atomic E-state index is -3.55. The van der Waals surface area contributed by atoms with E-state index in [4.69, 9.17) is 9.47 Å². The second-order valence-corrected chi connectivity index (χ2v) is 10.3. The summed E-state index contributed by atoms with van der Waals surface area (Å²) in [4.78, 5) is 14.7. The Morgan fingerprint density at radius 2 is 1.62 bits per heavy atom. The quantitative estimate of drug-likeness (QED) is 0.664. The topological polar surface area (TPSA) is 76.2 Å². The van der Waals surface area contributed by atoms with Crippen LogP contribution in [0, 0.1) is 0 Å². The van der Waals surface area contributed by atoms with Crippen LogP contribution in [0.1, 0.15) is 29.5 Å². The van der Waals surface area contributed by atoms with E-state index in [1.807, 2.05) is 30.3 Å². The van der Waals surface area contributed by atoms with Gasteiger partial charge >= 0.3 is 0 Å². The van der Waals surface area contributed by atoms with Crippen molar-refractivity contribution in [2.75, 3.05) is 33.0 Å². The minimum absolute atomic E-state index is 0.131. The average molecular weight is 455 g/mol. The van der Waals surface area contributed by atoms with Crippen molar-refractivity contribution in [2.24, 2.45) is 0 Å². The summed E-state index contributed by atoms with van der Waals surface area (Å²) >= 11 is 0. The molecule has 2 heterocycles. The SMILES string of the molecule is O=C(/C=C/c1ccc2c(c1)OCO2)N1CCN(S(=O)(=O)c2ccc3c(c2)CCCC3)CC1. The molecule has 0 spiro atoms. The largest absolute Gasteiger partial charge is 0.454 e. The lowest BCUT2D eigenvalue weighted by Crippen LogP contribution is -2.50. The first-order valence-electron chi connectivity index (χ1n) is 11.0. The summed E-state index contributed by atoms with van der Waals surface area (Å²) in [7, 11) is -3.55. The number of nitrogens with zero attached hydrogens (tertiary/aromatic N) is 2. The van der Waals surface area contributed by atoms with E-state index in [1.165, 1.54) is 15.9 Å². The third-order valence-corrected chi connectivity index (χ3v) is 8.22. The monoisotopic (exact) mass is 454 g/mol. The molecule has 1 saturated heterocycles. The highest BCUT2D eigenvalue weighted by atomic mass is 32.2. The maximum atomic E-state index is 13.1. The maximum absolute atomic E-state index is 13.1. The third-order valence-electron chi connectivity index (χ3n) is 6.32. The van der Waals surface area contributed by atoms with Gasteiger partial charge in [0.05, 0.1) is 4.90 Å². The summed E-state index contributed by atoms with van der Waals surface area (Å²) in [5, 5.41) is 0. The van der Waals surface area contributed by atoms with Crippen LogP contribution in [0.5, 0.6) is 11.5 Å². The molecule has 0 bridgehead atoms. The average Bonchev–Trinajstić information content (AvgIpc) is 3.30. The summed E-state index contributed by atoms with van der Waals surface area (Å²) in [6.07, 6.45) is 7.49. The molecule has 1 fully saturated rings. The van der Waals surface area contributed by atoms with E-state index in [2.05, 4.69) is 0 Å². The number of hydrogen-bond donors (Lipinski definition) is 0. The molecule has 2 aromatic carbocycles. The maximum Gasteiger partial charge on any atom is 0.246 e. The molecule has 8 heteroatoms. The van der Waals surface area contributed by atoms with Crippen LogP contribution in [0.3, 0.4) is 0 Å². The fourth-order valence-corrected chi connectivity index (χ4v) is 5.93. The number of benzene rings is 2. The number of piperazine rings is 1. The van der Waals surface area contributed by atoms with E-state index in [1.54, 1.807) is 17.0 Å². The molecule has 7 nitrogen and oxygen atoms in total. The predicted molar refractivity (Wildman–Crippen MR) is 120 cm³/mol. The number of hydrogen-bond acceptors (Lipinski definition) is 5. The van der Waals surface area contributed by atoms with Crippen LogP contribution >= 0.6 is 0 Å². The first-order chi connectivity index (χ1) is 15.5. The van der Waals surface area contributed by atoms with Gasteiger partial charge in [0.25, 0.3) is 0 Å². The Bertz CT molecular complexity index is 1170. The number of aryl methyl sites for hydroxylation is 2. The lowest BCUT2D eigenvalue weighted by molar-refractivity contribution is -0.127. The summed E-state index contributed by atoms with van der Waals surface area (Å²) in [5.74, 6) is 1.24. The lowest BCUT2D eigenvalue weighted by atomic mass is 9.92. The number of carbonyl (C=O) groups is 1. The molecule has 0 N–H and O–H groups in total. The zero-order valence-electron chi connectivity index (χ0n) is 17.8. The van der Waals surface area contributed by atoms with Crippen LogP contribution in [-0.4, -0.2) is 56.5 Å². The summed E-state index contributed by atoms with van der Waals surface area (Å²) < 4.78 is 38.4. The third kappa shape index (κ3) is 4.12. The molecule has 2 aliphatic heterocycles. The van der Waals surface area contributed by atoms with Gasteiger partial charge in [0.15, 0.2) is 11.5 Å². The van der Waals surface area contributed by atoms with Gasteiger partial charge in [0.1, 0.15) is 0 Å². The van der Waals surface area contributed by atoms with Crippen LogP contribution in [-0.2, 0) is 27.7 Å². The lowest BCUT2D eigenvalue weighted by Gasteiger charge is -2.33. The molecule has 1 amide bonds. The number of amides is 1. The molecule has 3 aliphatic rings. The summed E-state index contributed by atoms with van der Waals surface area (Å²) in [6.45, 7) is 1.54. The molecule has 1 aliphatic carbocycles. The van der Waals surface area contributed by atoms with Gasteiger partial charge in [0.2, 0.25) is 22.7 Å². The van der Waals surface area contributed by atoms with E-state index in [-0.39, 0.29) is 12.7 Å². The molecule has 0 unspecified atom stereocenters. The highest BCUT2D eigenvalue weighted by molar-refractivity contribution is 7.89. The standard InChI is InChI=1S/C24H26N2O5S/c27-24(10-6-18-5-9-22-23(15-18)31-17-30-22)25-11-13-26(14-12-25)32(28,29)21-8-7-19-3-1-2-4-20(19)16-21/h5-10,15-16H,1-4,11-14,17H2/b10-6+. The van der Waals surface area contributed by atoms with Crippen molar-refractivity contribution in [3.05, 3.63) is 59.2 Å². The first kappa shape index (κ1) is 21.0. The van der Waals surface area contributed by atoms with E-state index in [0.717, 1.165) is 36.8 Å². The van der Waals surface area contributed by atoms with E-state index in [0.29, 0.717) is 42.6 Å². The minimum Gasteiger partial charge on any atom is -0.454 e. The number of fused-ring (bicyclic) bond motifs is 2. The van der Waals surface area contributed by atoms with Gasteiger partial charge in [-0.15, -0.1) is 0 Å². The van der Waals surface area contributed by atoms with Crippen molar-refractivity contribution in [2.45, 2.75) is 30.6 Å². The fraction of sp³-hybridized carbons (Fsp3) is 0.375. The molecule has 0 atom stereocenters. The first-order valence-corrected chi connectivity index (χ1v) is 12.4. The second kappa shape index (κ2) is 8.60. The number of carbonyl (C=O) groups excluding carboxylic acids is 1. The van der Waals surface area contributed by atoms with Crippen LogP contribution in [0.15, 0.2) is 47.4 Å². The molecule has 5 rings (SSSR count). The van der Waals surface area contributed by atoms with Crippen LogP contribution in [0.25, 0.3) is 6.08 Å². The number of rotatable bonds is 4. The van der Waals surface area contributed by atoms with E-state index in [9.17, 15) is 13.2 Å². The molecular weight excluding hydrogens is 428 g/mol. The molecule has 168 valence electrons. The van der Waals surface area contributed by atoms with Gasteiger partial charge < -0.3 is 14.4 Å². The summed E-state index contributed by atoms with van der Waals surface area (Å²) in [6, 6.07) is 11.0. The molecule has 0 saturated carbocycles. The van der Waals surface area contributed by atoms with Gasteiger partial charge in [-0.05, 0) is 72.7 Å². The Labute approximate surface area is 188 Å². The van der Waals surface area contributed by atoms with Crippen molar-refractivity contribution >= 4 is 22.0 Å². The summed E-state index contributed by atoms with van der Waals surface area (Å²) in [5.41, 5.74) is 3.26. The Morgan fingerprint density at radius 3 is 2.44 bits per heavy atom. The number of ether oxygens (including phenoxy) is 2. The Balaban J connectivity index is 1.21. The van der Waals surface area contributed by atoms with Crippen LogP contribution in [0.4, 0.5) is 0 Å². The smallest absolute Gasteiger partial charge is 0.246 e. The van der Waals surface area contributed by atoms with Gasteiger partial charge in [0, 0.05) is 32.3 Å². The Kier molecular flexibility index (Phi) is 5.65. The Morgan fingerprint density at radius 1 is 0.875 bits per heavy atom. The highest BCUT2D eigenvalue weighted by Crippen LogP contribution is 2.33. The van der Waals surface area contributed by atoms with Crippen molar-refractivity contribution in [1.29, 1.82) is 0 Å². The second-order valence-electron chi connectivity index (χ2n) is 8.31. The van der Waals surface area contributed by atoms with Crippen molar-refractivity contribution in [3.8, 4) is 11.5 Å². The number of sulfonamides is 1. The van der Waals surface area contributed by atoms with Crippen molar-refractivity contribution < 1.29 is 22.7 Å². The van der Waals surface area contributed by atoms with Crippen LogP contribution < -0.4 is 9.47 Å². The van der Waals surface area contributed by atoms with Crippen molar-refractivity contribution in [1.82, 2.24) is 9.21 Å². The Hall–Kier alpha value is -2.84. The van der Waals surface area contributed by atoms with Crippen molar-refractivity contribution in [3.63, 3.8) is 0 Å². The highest BCUT2D eigenvalue weighted by Gasteiger charge is 2.30. The predicted octanol–water partition coefficient (Wildman–Crippen LogP) is 2.84. The molecule has 0 aromatic heterocycles. The van der Waals surface area contributed by atoms with Gasteiger partial charge in [-0.1, -0.05) is 12.1 Å². The van der Waals surface area contributed by atoms with Gasteiger partial charge in [-0.25, -0.2) is 8.42 Å². The zero-order valence-corrected chi connectivity index (χ0v) is 18.6. The van der Waals surface area contributed by atoms with Gasteiger partial charge in [-0.2, -0.15) is 4.31 Å². The molecule has 0 radical (unpaired) electrons. The fourth-order valence-electron chi connectivity index (χ4n) is 4.46. The normalized spacial score (nSPS) is 18.7. The molecule has 32 heavy (non-hydrogen) atoms. The van der Waals surface area contributed by atoms with Gasteiger partial charge in [-0.3, -0.25) is 4.79 Å². The zero-order chi connectivity index (χ0) is 22.1. The molecule has 2 aromatic rings.